The SMILES string of the molecule is Cc1cc(C)c(CNC2CC=CCC2)c(C)c1. The van der Waals surface area contributed by atoms with Gasteiger partial charge in [-0.2, -0.15) is 0 Å². The fourth-order valence-corrected chi connectivity index (χ4v) is 2.71. The van der Waals surface area contributed by atoms with Crippen LogP contribution in [0.25, 0.3) is 0 Å². The van der Waals surface area contributed by atoms with Gasteiger partial charge in [0.05, 0.1) is 0 Å². The Morgan fingerprint density at radius 1 is 1.12 bits per heavy atom. The van der Waals surface area contributed by atoms with E-state index in [4.69, 9.17) is 0 Å². The van der Waals surface area contributed by atoms with Crippen LogP contribution in [0.3, 0.4) is 0 Å². The minimum absolute atomic E-state index is 0.667. The first-order chi connectivity index (χ1) is 8.16. The van der Waals surface area contributed by atoms with Crippen molar-refractivity contribution < 1.29 is 0 Å². The van der Waals surface area contributed by atoms with Crippen LogP contribution in [0.4, 0.5) is 0 Å². The summed E-state index contributed by atoms with van der Waals surface area (Å²) in [5, 5.41) is 3.69. The van der Waals surface area contributed by atoms with Gasteiger partial charge < -0.3 is 5.32 Å². The van der Waals surface area contributed by atoms with Crippen molar-refractivity contribution in [3.05, 3.63) is 46.5 Å². The molecule has 2 rings (SSSR count). The highest BCUT2D eigenvalue weighted by Gasteiger charge is 2.10. The van der Waals surface area contributed by atoms with Crippen LogP contribution in [0.1, 0.15) is 41.5 Å². The lowest BCUT2D eigenvalue weighted by molar-refractivity contribution is 0.473. The van der Waals surface area contributed by atoms with Gasteiger partial charge in [-0.25, -0.2) is 0 Å². The molecule has 1 aromatic rings. The number of nitrogens with one attached hydrogen (secondary N) is 1. The molecule has 0 aromatic heterocycles. The second-order valence-corrected chi connectivity index (χ2v) is 5.24. The second-order valence-electron chi connectivity index (χ2n) is 5.24. The van der Waals surface area contributed by atoms with E-state index in [2.05, 4.69) is 50.4 Å². The van der Waals surface area contributed by atoms with Crippen molar-refractivity contribution in [3.8, 4) is 0 Å². The molecular weight excluding hydrogens is 206 g/mol. The summed E-state index contributed by atoms with van der Waals surface area (Å²) in [5.41, 5.74) is 5.68. The summed E-state index contributed by atoms with van der Waals surface area (Å²) in [7, 11) is 0. The lowest BCUT2D eigenvalue weighted by atomic mass is 9.98. The maximum Gasteiger partial charge on any atom is 0.0213 e. The Labute approximate surface area is 105 Å². The Kier molecular flexibility index (Phi) is 4.01. The molecular formula is C16H23N. The summed E-state index contributed by atoms with van der Waals surface area (Å²) < 4.78 is 0. The van der Waals surface area contributed by atoms with Gasteiger partial charge in [0, 0.05) is 12.6 Å². The van der Waals surface area contributed by atoms with E-state index in [0.29, 0.717) is 6.04 Å². The van der Waals surface area contributed by atoms with Gasteiger partial charge >= 0.3 is 0 Å². The lowest BCUT2D eigenvalue weighted by Crippen LogP contribution is -2.29. The predicted octanol–water partition coefficient (Wildman–Crippen LogP) is 3.81. The summed E-state index contributed by atoms with van der Waals surface area (Å²) >= 11 is 0. The molecule has 0 bridgehead atoms. The molecule has 1 N–H and O–H groups in total. The van der Waals surface area contributed by atoms with Gasteiger partial charge in [0.15, 0.2) is 0 Å². The Morgan fingerprint density at radius 2 is 1.82 bits per heavy atom. The third-order valence-electron chi connectivity index (χ3n) is 3.68. The van der Waals surface area contributed by atoms with Crippen LogP contribution < -0.4 is 5.32 Å². The van der Waals surface area contributed by atoms with Gasteiger partial charge in [0.1, 0.15) is 0 Å². The third-order valence-corrected chi connectivity index (χ3v) is 3.68. The van der Waals surface area contributed by atoms with Crippen molar-refractivity contribution in [2.45, 2.75) is 52.6 Å². The number of aryl methyl sites for hydroxylation is 3. The van der Waals surface area contributed by atoms with Crippen molar-refractivity contribution in [1.29, 1.82) is 0 Å². The maximum atomic E-state index is 3.69. The van der Waals surface area contributed by atoms with Crippen molar-refractivity contribution in [2.75, 3.05) is 0 Å². The van der Waals surface area contributed by atoms with E-state index in [-0.39, 0.29) is 0 Å². The maximum absolute atomic E-state index is 3.69. The molecule has 0 saturated heterocycles. The van der Waals surface area contributed by atoms with Gasteiger partial charge in [-0.05, 0) is 56.7 Å². The second kappa shape index (κ2) is 5.50. The van der Waals surface area contributed by atoms with E-state index in [1.165, 1.54) is 41.5 Å². The molecule has 1 unspecified atom stereocenters. The number of benzene rings is 1. The highest BCUT2D eigenvalue weighted by atomic mass is 14.9. The molecule has 1 atom stereocenters. The summed E-state index contributed by atoms with van der Waals surface area (Å²) in [6.45, 7) is 7.62. The molecule has 17 heavy (non-hydrogen) atoms. The fourth-order valence-electron chi connectivity index (χ4n) is 2.71. The number of rotatable bonds is 3. The number of hydrogen-bond donors (Lipinski definition) is 1. The van der Waals surface area contributed by atoms with Crippen molar-refractivity contribution in [2.24, 2.45) is 0 Å². The van der Waals surface area contributed by atoms with Gasteiger partial charge in [0.25, 0.3) is 0 Å². The zero-order valence-corrected chi connectivity index (χ0v) is 11.2. The molecule has 1 aliphatic rings. The van der Waals surface area contributed by atoms with E-state index in [1.807, 2.05) is 0 Å². The average Bonchev–Trinajstić information content (AvgIpc) is 2.29. The fraction of sp³-hybridized carbons (Fsp3) is 0.500. The van der Waals surface area contributed by atoms with Crippen LogP contribution in [0.15, 0.2) is 24.3 Å². The van der Waals surface area contributed by atoms with Gasteiger partial charge in [-0.3, -0.25) is 0 Å². The molecule has 0 saturated carbocycles. The third kappa shape index (κ3) is 3.19. The molecule has 1 heteroatoms. The molecule has 0 aliphatic heterocycles. The van der Waals surface area contributed by atoms with Gasteiger partial charge in [-0.15, -0.1) is 0 Å². The standard InChI is InChI=1S/C16H23N/c1-12-9-13(2)16(14(3)10-12)11-17-15-7-5-4-6-8-15/h4-5,9-10,15,17H,6-8,11H2,1-3H3. The lowest BCUT2D eigenvalue weighted by Gasteiger charge is -2.21. The molecule has 0 radical (unpaired) electrons. The predicted molar refractivity (Wildman–Crippen MR) is 74.3 cm³/mol. The van der Waals surface area contributed by atoms with Crippen LogP contribution in [0.2, 0.25) is 0 Å². The molecule has 1 aromatic carbocycles. The monoisotopic (exact) mass is 229 g/mol. The highest BCUT2D eigenvalue weighted by Crippen LogP contribution is 2.17. The molecule has 92 valence electrons. The van der Waals surface area contributed by atoms with Crippen LogP contribution in [0, 0.1) is 20.8 Å². The molecule has 0 heterocycles. The van der Waals surface area contributed by atoms with Crippen molar-refractivity contribution >= 4 is 0 Å². The van der Waals surface area contributed by atoms with Crippen LogP contribution >= 0.6 is 0 Å². The minimum Gasteiger partial charge on any atom is -0.310 e. The summed E-state index contributed by atoms with van der Waals surface area (Å²) in [6.07, 6.45) is 8.28. The first kappa shape index (κ1) is 12.4. The van der Waals surface area contributed by atoms with Crippen molar-refractivity contribution in [3.63, 3.8) is 0 Å². The van der Waals surface area contributed by atoms with E-state index in [9.17, 15) is 0 Å². The minimum atomic E-state index is 0.667. The largest absolute Gasteiger partial charge is 0.310 e. The first-order valence-corrected chi connectivity index (χ1v) is 6.62. The average molecular weight is 229 g/mol. The van der Waals surface area contributed by atoms with Gasteiger partial charge in [0.2, 0.25) is 0 Å². The summed E-state index contributed by atoms with van der Waals surface area (Å²) in [5.74, 6) is 0. The smallest absolute Gasteiger partial charge is 0.0213 e. The summed E-state index contributed by atoms with van der Waals surface area (Å²) in [4.78, 5) is 0. The topological polar surface area (TPSA) is 12.0 Å². The Bertz CT molecular complexity index is 395. The zero-order chi connectivity index (χ0) is 12.3. The molecule has 1 aliphatic carbocycles. The van der Waals surface area contributed by atoms with E-state index in [0.717, 1.165) is 6.54 Å². The Hall–Kier alpha value is -1.08. The molecule has 0 spiro atoms. The van der Waals surface area contributed by atoms with Gasteiger partial charge in [-0.1, -0.05) is 29.8 Å². The van der Waals surface area contributed by atoms with Crippen LogP contribution in [0.5, 0.6) is 0 Å². The van der Waals surface area contributed by atoms with Crippen LogP contribution in [-0.2, 0) is 6.54 Å². The zero-order valence-electron chi connectivity index (χ0n) is 11.2. The highest BCUT2D eigenvalue weighted by molar-refractivity contribution is 5.37. The molecule has 0 fully saturated rings. The Balaban J connectivity index is 2.01. The van der Waals surface area contributed by atoms with Crippen LogP contribution in [-0.4, -0.2) is 6.04 Å². The molecule has 0 amide bonds. The van der Waals surface area contributed by atoms with E-state index < -0.39 is 0 Å². The number of allylic oxidation sites excluding steroid dienone is 1. The normalized spacial score (nSPS) is 19.6. The molecule has 1 nitrogen and oxygen atoms in total. The Morgan fingerprint density at radius 3 is 2.41 bits per heavy atom. The number of hydrogen-bond acceptors (Lipinski definition) is 1. The summed E-state index contributed by atoms with van der Waals surface area (Å²) in [6, 6.07) is 5.23. The van der Waals surface area contributed by atoms with E-state index >= 15 is 0 Å². The quantitative estimate of drug-likeness (QED) is 0.777. The first-order valence-electron chi connectivity index (χ1n) is 6.62. The van der Waals surface area contributed by atoms with E-state index in [1.54, 1.807) is 0 Å². The van der Waals surface area contributed by atoms with Crippen molar-refractivity contribution in [1.82, 2.24) is 5.32 Å².